The Morgan fingerprint density at radius 1 is 1.26 bits per heavy atom. The molecule has 2 rings (SSSR count). The molecule has 6 heteroatoms. The number of sulfonamides is 1. The molecule has 3 atom stereocenters. The summed E-state index contributed by atoms with van der Waals surface area (Å²) in [5.74, 6) is 0.223. The van der Waals surface area contributed by atoms with Gasteiger partial charge < -0.3 is 10.1 Å². The number of fused-ring (bicyclic) bond motifs is 2. The molecule has 2 aliphatic rings. The van der Waals surface area contributed by atoms with Gasteiger partial charge in [-0.2, -0.15) is 0 Å². The molecule has 0 aromatic rings. The van der Waals surface area contributed by atoms with E-state index in [9.17, 15) is 8.42 Å². The van der Waals surface area contributed by atoms with E-state index < -0.39 is 10.0 Å². The van der Waals surface area contributed by atoms with Gasteiger partial charge in [-0.1, -0.05) is 13.8 Å². The van der Waals surface area contributed by atoms with Crippen LogP contribution in [0.3, 0.4) is 0 Å². The lowest BCUT2D eigenvalue weighted by Gasteiger charge is -2.19. The van der Waals surface area contributed by atoms with Gasteiger partial charge in [-0.25, -0.2) is 13.1 Å². The summed E-state index contributed by atoms with van der Waals surface area (Å²) in [6.45, 7) is 5.06. The Morgan fingerprint density at radius 2 is 2.05 bits per heavy atom. The first-order chi connectivity index (χ1) is 8.96. The van der Waals surface area contributed by atoms with E-state index in [0.29, 0.717) is 12.5 Å². The summed E-state index contributed by atoms with van der Waals surface area (Å²) in [6.07, 6.45) is 4.93. The number of unbranched alkanes of at least 4 members (excludes halogenated alkanes) is 1. The van der Waals surface area contributed by atoms with Crippen molar-refractivity contribution in [1.29, 1.82) is 0 Å². The molecule has 2 saturated heterocycles. The van der Waals surface area contributed by atoms with E-state index in [1.807, 2.05) is 0 Å². The zero-order chi connectivity index (χ0) is 13.9. The molecule has 19 heavy (non-hydrogen) atoms. The van der Waals surface area contributed by atoms with Gasteiger partial charge in [0, 0.05) is 6.04 Å². The Hall–Kier alpha value is -0.170. The van der Waals surface area contributed by atoms with Gasteiger partial charge in [-0.05, 0) is 38.6 Å². The molecule has 0 aromatic heterocycles. The van der Waals surface area contributed by atoms with Gasteiger partial charge in [0.25, 0.3) is 0 Å². The maximum atomic E-state index is 12.0. The second-order valence-electron chi connectivity index (χ2n) is 5.97. The quantitative estimate of drug-likeness (QED) is 0.655. The highest BCUT2D eigenvalue weighted by Crippen LogP contribution is 2.34. The van der Waals surface area contributed by atoms with Crippen LogP contribution < -0.4 is 10.0 Å². The first kappa shape index (κ1) is 15.2. The van der Waals surface area contributed by atoms with Crippen molar-refractivity contribution >= 4 is 10.0 Å². The van der Waals surface area contributed by atoms with Crippen molar-refractivity contribution in [2.45, 2.75) is 70.2 Å². The van der Waals surface area contributed by atoms with E-state index in [1.54, 1.807) is 0 Å². The maximum Gasteiger partial charge on any atom is 0.211 e. The van der Waals surface area contributed by atoms with Crippen LogP contribution >= 0.6 is 0 Å². The van der Waals surface area contributed by atoms with Crippen molar-refractivity contribution in [2.24, 2.45) is 0 Å². The molecule has 0 aromatic carbocycles. The van der Waals surface area contributed by atoms with E-state index in [0.717, 1.165) is 32.2 Å². The lowest BCUT2D eigenvalue weighted by atomic mass is 9.96. The van der Waals surface area contributed by atoms with Crippen molar-refractivity contribution in [3.63, 3.8) is 0 Å². The van der Waals surface area contributed by atoms with Crippen molar-refractivity contribution in [1.82, 2.24) is 10.0 Å². The molecule has 2 fully saturated rings. The van der Waals surface area contributed by atoms with Crippen LogP contribution in [0.15, 0.2) is 0 Å². The van der Waals surface area contributed by atoms with E-state index in [-0.39, 0.29) is 24.0 Å². The van der Waals surface area contributed by atoms with Crippen molar-refractivity contribution in [3.8, 4) is 0 Å². The summed E-state index contributed by atoms with van der Waals surface area (Å²) in [4.78, 5) is 0. The van der Waals surface area contributed by atoms with Gasteiger partial charge in [0.15, 0.2) is 0 Å². The molecule has 0 radical (unpaired) electrons. The third-order valence-electron chi connectivity index (χ3n) is 3.83. The Labute approximate surface area is 116 Å². The van der Waals surface area contributed by atoms with Gasteiger partial charge in [-0.3, -0.25) is 0 Å². The van der Waals surface area contributed by atoms with Crippen LogP contribution in [0.25, 0.3) is 0 Å². The third-order valence-corrected chi connectivity index (χ3v) is 5.32. The number of hydrogen-bond acceptors (Lipinski definition) is 4. The Bertz CT molecular complexity index is 383. The summed E-state index contributed by atoms with van der Waals surface area (Å²) in [6, 6.07) is 0.471. The predicted molar refractivity (Wildman–Crippen MR) is 75.6 cm³/mol. The summed E-state index contributed by atoms with van der Waals surface area (Å²) in [5, 5.41) is 3.29. The predicted octanol–water partition coefficient (Wildman–Crippen LogP) is 1.00. The monoisotopic (exact) mass is 290 g/mol. The van der Waals surface area contributed by atoms with Crippen LogP contribution in [-0.4, -0.2) is 45.0 Å². The van der Waals surface area contributed by atoms with E-state index in [1.165, 1.54) is 0 Å². The lowest BCUT2D eigenvalue weighted by molar-refractivity contribution is 0.0996. The lowest BCUT2D eigenvalue weighted by Crippen LogP contribution is -2.42. The Balaban J connectivity index is 1.65. The average molecular weight is 290 g/mol. The smallest absolute Gasteiger partial charge is 0.211 e. The minimum Gasteiger partial charge on any atom is -0.373 e. The van der Waals surface area contributed by atoms with Crippen molar-refractivity contribution < 1.29 is 13.2 Å². The van der Waals surface area contributed by atoms with Gasteiger partial charge in [0.2, 0.25) is 10.0 Å². The summed E-state index contributed by atoms with van der Waals surface area (Å²) in [7, 11) is -3.15. The van der Waals surface area contributed by atoms with Crippen LogP contribution in [0.4, 0.5) is 0 Å². The molecule has 2 bridgehead atoms. The molecule has 0 saturated carbocycles. The molecule has 2 N–H and O–H groups in total. The number of rotatable bonds is 8. The topological polar surface area (TPSA) is 67.4 Å². The van der Waals surface area contributed by atoms with Crippen molar-refractivity contribution in [2.75, 3.05) is 12.3 Å². The van der Waals surface area contributed by atoms with Crippen LogP contribution in [0, 0.1) is 0 Å². The fourth-order valence-electron chi connectivity index (χ4n) is 2.86. The van der Waals surface area contributed by atoms with Gasteiger partial charge in [-0.15, -0.1) is 0 Å². The van der Waals surface area contributed by atoms with Gasteiger partial charge >= 0.3 is 0 Å². The van der Waals surface area contributed by atoms with E-state index in [2.05, 4.69) is 23.9 Å². The Morgan fingerprint density at radius 3 is 2.63 bits per heavy atom. The standard InChI is InChI=1S/C13H26N2O3S/c1-10(2)14-7-3-4-8-19(16,17)15-12-9-11-5-6-13(12)18-11/h10-15H,3-9H2,1-2H3. The molecule has 0 spiro atoms. The number of nitrogens with one attached hydrogen (secondary N) is 2. The summed E-state index contributed by atoms with van der Waals surface area (Å²) < 4.78 is 32.4. The minimum absolute atomic E-state index is 0.0116. The highest BCUT2D eigenvalue weighted by Gasteiger charge is 2.42. The van der Waals surface area contributed by atoms with Crippen LogP contribution in [-0.2, 0) is 14.8 Å². The van der Waals surface area contributed by atoms with Crippen molar-refractivity contribution in [3.05, 3.63) is 0 Å². The minimum atomic E-state index is -3.15. The highest BCUT2D eigenvalue weighted by molar-refractivity contribution is 7.89. The first-order valence-corrected chi connectivity index (χ1v) is 9.00. The molecular weight excluding hydrogens is 264 g/mol. The number of ether oxygens (including phenoxy) is 1. The fourth-order valence-corrected chi connectivity index (χ4v) is 4.27. The molecule has 3 unspecified atom stereocenters. The summed E-state index contributed by atoms with van der Waals surface area (Å²) in [5.41, 5.74) is 0. The zero-order valence-corrected chi connectivity index (χ0v) is 12.7. The maximum absolute atomic E-state index is 12.0. The SMILES string of the molecule is CC(C)NCCCCS(=O)(=O)NC1CC2CCC1O2. The van der Waals surface area contributed by atoms with Crippen LogP contribution in [0.2, 0.25) is 0 Å². The Kier molecular flexibility index (Phi) is 5.22. The molecule has 0 amide bonds. The first-order valence-electron chi connectivity index (χ1n) is 7.35. The molecule has 5 nitrogen and oxygen atoms in total. The second-order valence-corrected chi connectivity index (χ2v) is 7.84. The van der Waals surface area contributed by atoms with Gasteiger partial charge in [0.05, 0.1) is 24.0 Å². The highest BCUT2D eigenvalue weighted by atomic mass is 32.2. The summed E-state index contributed by atoms with van der Waals surface area (Å²) >= 11 is 0. The second kappa shape index (κ2) is 6.52. The fraction of sp³-hybridized carbons (Fsp3) is 1.00. The van der Waals surface area contributed by atoms with Gasteiger partial charge in [0.1, 0.15) is 0 Å². The van der Waals surface area contributed by atoms with E-state index >= 15 is 0 Å². The normalized spacial score (nSPS) is 30.4. The largest absolute Gasteiger partial charge is 0.373 e. The van der Waals surface area contributed by atoms with E-state index in [4.69, 9.17) is 4.74 Å². The van der Waals surface area contributed by atoms with Crippen LogP contribution in [0.1, 0.15) is 46.0 Å². The zero-order valence-electron chi connectivity index (χ0n) is 11.9. The molecule has 2 aliphatic heterocycles. The average Bonchev–Trinajstić information content (AvgIpc) is 2.89. The number of hydrogen-bond donors (Lipinski definition) is 2. The molecule has 112 valence electrons. The molecule has 2 heterocycles. The van der Waals surface area contributed by atoms with Crippen LogP contribution in [0.5, 0.6) is 0 Å². The molecule has 0 aliphatic carbocycles. The molecular formula is C13H26N2O3S. The third kappa shape index (κ3) is 4.70.